The molecule has 0 aromatic carbocycles. The van der Waals surface area contributed by atoms with Gasteiger partial charge < -0.3 is 4.74 Å². The van der Waals surface area contributed by atoms with Crippen molar-refractivity contribution in [3.63, 3.8) is 0 Å². The maximum atomic E-state index is 6.25. The van der Waals surface area contributed by atoms with Gasteiger partial charge in [-0.05, 0) is 38.7 Å². The van der Waals surface area contributed by atoms with E-state index in [1.54, 1.807) is 18.0 Å². The van der Waals surface area contributed by atoms with Gasteiger partial charge in [-0.2, -0.15) is 0 Å². The van der Waals surface area contributed by atoms with E-state index in [1.165, 1.54) is 5.57 Å². The van der Waals surface area contributed by atoms with Crippen molar-refractivity contribution in [2.24, 2.45) is 0 Å². The molecule has 0 amide bonds. The van der Waals surface area contributed by atoms with Gasteiger partial charge in [-0.25, -0.2) is 9.97 Å². The largest absolute Gasteiger partial charge is 0.367 e. The lowest BCUT2D eigenvalue weighted by Gasteiger charge is -2.29. The first-order chi connectivity index (χ1) is 9.87. The predicted molar refractivity (Wildman–Crippen MR) is 86.7 cm³/mol. The van der Waals surface area contributed by atoms with E-state index in [0.29, 0.717) is 10.8 Å². The molecule has 1 aliphatic rings. The third-order valence-electron chi connectivity index (χ3n) is 3.31. The van der Waals surface area contributed by atoms with Crippen LogP contribution in [0.1, 0.15) is 38.6 Å². The van der Waals surface area contributed by atoms with Crippen LogP contribution in [0, 0.1) is 0 Å². The Morgan fingerprint density at radius 2 is 2.10 bits per heavy atom. The summed E-state index contributed by atoms with van der Waals surface area (Å²) >= 11 is 7.87. The minimum absolute atomic E-state index is 0.0434. The Bertz CT molecular complexity index is 704. The molecule has 0 N–H and O–H groups in total. The van der Waals surface area contributed by atoms with Crippen LogP contribution in [0.25, 0.3) is 5.65 Å². The van der Waals surface area contributed by atoms with Crippen LogP contribution in [0.3, 0.4) is 0 Å². The van der Waals surface area contributed by atoms with Gasteiger partial charge in [0.25, 0.3) is 0 Å². The zero-order valence-corrected chi connectivity index (χ0v) is 14.1. The Hall–Kier alpha value is -1.04. The molecule has 0 radical (unpaired) electrons. The van der Waals surface area contributed by atoms with Crippen molar-refractivity contribution in [2.75, 3.05) is 0 Å². The summed E-state index contributed by atoms with van der Waals surface area (Å²) in [7, 11) is 0. The molecule has 2 aromatic heterocycles. The fraction of sp³-hybridized carbons (Fsp3) is 0.467. The van der Waals surface area contributed by atoms with Gasteiger partial charge in [0.1, 0.15) is 0 Å². The Labute approximate surface area is 133 Å². The van der Waals surface area contributed by atoms with E-state index in [4.69, 9.17) is 16.3 Å². The normalized spacial score (nSPS) is 22.8. The fourth-order valence-electron chi connectivity index (χ4n) is 2.44. The van der Waals surface area contributed by atoms with Crippen molar-refractivity contribution >= 4 is 29.0 Å². The van der Waals surface area contributed by atoms with Crippen LogP contribution < -0.4 is 0 Å². The Morgan fingerprint density at radius 1 is 1.33 bits per heavy atom. The van der Waals surface area contributed by atoms with E-state index >= 15 is 0 Å². The molecule has 0 saturated heterocycles. The number of nitrogens with zero attached hydrogens (tertiary/aromatic N) is 3. The Balaban J connectivity index is 2.00. The number of hydrogen-bond acceptors (Lipinski definition) is 4. The Morgan fingerprint density at radius 3 is 2.81 bits per heavy atom. The number of hydrogen-bond donors (Lipinski definition) is 0. The maximum Gasteiger partial charge on any atom is 0.175 e. The summed E-state index contributed by atoms with van der Waals surface area (Å²) < 4.78 is 8.25. The van der Waals surface area contributed by atoms with Crippen LogP contribution in [-0.2, 0) is 4.74 Å². The SMILES string of the molecule is CC1=CS[C@@H](c2cnc3c(Cl)nccn23)C1OC(C)(C)C. The molecule has 0 spiro atoms. The zero-order valence-electron chi connectivity index (χ0n) is 12.5. The molecule has 3 rings (SSSR count). The molecule has 112 valence electrons. The molecule has 0 saturated carbocycles. The van der Waals surface area contributed by atoms with Crippen LogP contribution in [-0.4, -0.2) is 26.1 Å². The van der Waals surface area contributed by atoms with Crippen molar-refractivity contribution in [2.45, 2.75) is 44.6 Å². The molecule has 0 aliphatic carbocycles. The second-order valence-corrected chi connectivity index (χ2v) is 7.54. The van der Waals surface area contributed by atoms with Crippen LogP contribution >= 0.6 is 23.4 Å². The summed E-state index contributed by atoms with van der Waals surface area (Å²) in [6.45, 7) is 8.35. The van der Waals surface area contributed by atoms with E-state index in [0.717, 1.165) is 5.69 Å². The molecule has 2 aromatic rings. The number of fused-ring (bicyclic) bond motifs is 1. The molecule has 3 heterocycles. The summed E-state index contributed by atoms with van der Waals surface area (Å²) in [6.07, 6.45) is 5.50. The summed E-state index contributed by atoms with van der Waals surface area (Å²) in [6, 6.07) is 0. The van der Waals surface area contributed by atoms with Gasteiger partial charge in [0, 0.05) is 12.4 Å². The van der Waals surface area contributed by atoms with E-state index in [9.17, 15) is 0 Å². The molecule has 0 bridgehead atoms. The van der Waals surface area contributed by atoms with Crippen LogP contribution in [0.5, 0.6) is 0 Å². The van der Waals surface area contributed by atoms with Gasteiger partial charge in [-0.1, -0.05) is 11.6 Å². The lowest BCUT2D eigenvalue weighted by molar-refractivity contribution is -0.0428. The molecular weight excluding hydrogens is 306 g/mol. The number of rotatable bonds is 2. The number of thioether (sulfide) groups is 1. The fourth-order valence-corrected chi connectivity index (χ4v) is 3.85. The molecule has 1 unspecified atom stereocenters. The minimum Gasteiger partial charge on any atom is -0.367 e. The highest BCUT2D eigenvalue weighted by Crippen LogP contribution is 2.45. The standard InChI is InChI=1S/C15H18ClN3OS/c1-9-8-21-12(11(9)20-15(2,3)4)10-7-18-14-13(16)17-5-6-19(10)14/h5-8,11-12H,1-4H3/t11?,12-/m0/s1. The van der Waals surface area contributed by atoms with Gasteiger partial charge in [-0.15, -0.1) is 11.8 Å². The molecular formula is C15H18ClN3OS. The topological polar surface area (TPSA) is 39.4 Å². The second-order valence-electron chi connectivity index (χ2n) is 6.16. The van der Waals surface area contributed by atoms with Crippen molar-refractivity contribution in [1.29, 1.82) is 0 Å². The van der Waals surface area contributed by atoms with Gasteiger partial charge in [0.05, 0.1) is 28.8 Å². The van der Waals surface area contributed by atoms with Gasteiger partial charge in [0.2, 0.25) is 0 Å². The van der Waals surface area contributed by atoms with Gasteiger partial charge in [-0.3, -0.25) is 4.40 Å². The smallest absolute Gasteiger partial charge is 0.175 e. The molecule has 0 fully saturated rings. The highest BCUT2D eigenvalue weighted by molar-refractivity contribution is 8.02. The van der Waals surface area contributed by atoms with E-state index in [2.05, 4.69) is 43.1 Å². The summed E-state index contributed by atoms with van der Waals surface area (Å²) in [5.74, 6) is 0. The van der Waals surface area contributed by atoms with E-state index in [1.807, 2.05) is 16.8 Å². The number of aromatic nitrogens is 3. The lowest BCUT2D eigenvalue weighted by Crippen LogP contribution is -2.30. The van der Waals surface area contributed by atoms with Crippen molar-refractivity contribution in [3.8, 4) is 0 Å². The van der Waals surface area contributed by atoms with Crippen LogP contribution in [0.2, 0.25) is 5.15 Å². The predicted octanol–water partition coefficient (Wildman–Crippen LogP) is 4.26. The average molecular weight is 324 g/mol. The number of ether oxygens (including phenoxy) is 1. The molecule has 2 atom stereocenters. The highest BCUT2D eigenvalue weighted by Gasteiger charge is 2.35. The first-order valence-corrected chi connectivity index (χ1v) is 8.16. The van der Waals surface area contributed by atoms with E-state index in [-0.39, 0.29) is 17.0 Å². The molecule has 6 heteroatoms. The summed E-state index contributed by atoms with van der Waals surface area (Å²) in [5, 5.41) is 2.77. The average Bonchev–Trinajstić information content (AvgIpc) is 2.94. The van der Waals surface area contributed by atoms with E-state index < -0.39 is 0 Å². The Kier molecular flexibility index (Phi) is 3.76. The van der Waals surface area contributed by atoms with Gasteiger partial charge >= 0.3 is 0 Å². The summed E-state index contributed by atoms with van der Waals surface area (Å²) in [5.41, 5.74) is 2.83. The van der Waals surface area contributed by atoms with Crippen LogP contribution in [0.4, 0.5) is 0 Å². The maximum absolute atomic E-state index is 6.25. The minimum atomic E-state index is -0.192. The monoisotopic (exact) mass is 323 g/mol. The molecule has 1 aliphatic heterocycles. The number of imidazole rings is 1. The lowest BCUT2D eigenvalue weighted by atomic mass is 10.1. The van der Waals surface area contributed by atoms with Crippen molar-refractivity contribution < 1.29 is 4.74 Å². The third kappa shape index (κ3) is 2.82. The first-order valence-electron chi connectivity index (χ1n) is 6.84. The van der Waals surface area contributed by atoms with Crippen molar-refractivity contribution in [3.05, 3.63) is 40.4 Å². The van der Waals surface area contributed by atoms with Crippen molar-refractivity contribution in [1.82, 2.24) is 14.4 Å². The molecule has 4 nitrogen and oxygen atoms in total. The van der Waals surface area contributed by atoms with Crippen LogP contribution in [0.15, 0.2) is 29.6 Å². The third-order valence-corrected chi connectivity index (χ3v) is 4.87. The quantitative estimate of drug-likeness (QED) is 0.828. The summed E-state index contributed by atoms with van der Waals surface area (Å²) in [4.78, 5) is 8.47. The second kappa shape index (κ2) is 5.30. The highest BCUT2D eigenvalue weighted by atomic mass is 35.5. The number of halogens is 1. The van der Waals surface area contributed by atoms with Gasteiger partial charge in [0.15, 0.2) is 10.8 Å². The first kappa shape index (κ1) is 14.9. The zero-order chi connectivity index (χ0) is 15.2. The molecule has 21 heavy (non-hydrogen) atoms.